The van der Waals surface area contributed by atoms with E-state index in [1.165, 1.54) is 0 Å². The van der Waals surface area contributed by atoms with Crippen LogP contribution in [0.3, 0.4) is 0 Å². The van der Waals surface area contributed by atoms with Crippen molar-refractivity contribution < 1.29 is 18.3 Å². The van der Waals surface area contributed by atoms with Crippen LogP contribution in [0.5, 0.6) is 0 Å². The van der Waals surface area contributed by atoms with E-state index in [0.29, 0.717) is 0 Å². The molecule has 0 aliphatic carbocycles. The van der Waals surface area contributed by atoms with Gasteiger partial charge in [0, 0.05) is 17.5 Å². The number of halogens is 4. The molecule has 1 unspecified atom stereocenters. The van der Waals surface area contributed by atoms with Crippen molar-refractivity contribution in [3.63, 3.8) is 0 Å². The van der Waals surface area contributed by atoms with Gasteiger partial charge < -0.3 is 10.8 Å². The number of aliphatic hydroxyl groups is 1. The van der Waals surface area contributed by atoms with Crippen LogP contribution < -0.4 is 5.73 Å². The van der Waals surface area contributed by atoms with E-state index in [1.807, 2.05) is 0 Å². The molecule has 6 heteroatoms. The second-order valence-corrected chi connectivity index (χ2v) is 3.76. The van der Waals surface area contributed by atoms with Crippen molar-refractivity contribution in [2.45, 2.75) is 12.1 Å². The van der Waals surface area contributed by atoms with Crippen molar-refractivity contribution in [3.8, 4) is 0 Å². The second kappa shape index (κ2) is 5.03. The maximum Gasteiger partial charge on any atom is 0.416 e. The molecular weight excluding hydrogens is 243 g/mol. The number of alkyl halides is 3. The maximum absolute atomic E-state index is 12.4. The number of benzene rings is 1. The topological polar surface area (TPSA) is 46.2 Å². The summed E-state index contributed by atoms with van der Waals surface area (Å²) in [5, 5.41) is 9.16. The van der Waals surface area contributed by atoms with Crippen LogP contribution in [0, 0.1) is 0 Å². The molecule has 1 aromatic carbocycles. The zero-order chi connectivity index (χ0) is 12.3. The van der Waals surface area contributed by atoms with Crippen LogP contribution in [0.4, 0.5) is 13.2 Å². The van der Waals surface area contributed by atoms with Crippen molar-refractivity contribution in [2.75, 3.05) is 13.2 Å². The fraction of sp³-hybridized carbons (Fsp3) is 0.400. The first-order chi connectivity index (χ1) is 7.40. The molecule has 90 valence electrons. The predicted molar refractivity (Wildman–Crippen MR) is 55.3 cm³/mol. The first-order valence-corrected chi connectivity index (χ1v) is 4.95. The molecule has 0 heterocycles. The number of hydrogen-bond acceptors (Lipinski definition) is 2. The first-order valence-electron chi connectivity index (χ1n) is 4.57. The van der Waals surface area contributed by atoms with Crippen molar-refractivity contribution in [1.82, 2.24) is 0 Å². The molecule has 0 spiro atoms. The summed E-state index contributed by atoms with van der Waals surface area (Å²) in [5.74, 6) is -0.574. The minimum absolute atomic E-state index is 0.0392. The summed E-state index contributed by atoms with van der Waals surface area (Å²) in [5.41, 5.74) is 4.77. The molecule has 0 bridgehead atoms. The molecule has 0 aliphatic heterocycles. The zero-order valence-electron chi connectivity index (χ0n) is 8.26. The third-order valence-electron chi connectivity index (χ3n) is 2.27. The Kier molecular flexibility index (Phi) is 4.18. The van der Waals surface area contributed by atoms with Gasteiger partial charge in [-0.1, -0.05) is 11.6 Å². The minimum Gasteiger partial charge on any atom is -0.396 e. The summed E-state index contributed by atoms with van der Waals surface area (Å²) in [6, 6.07) is 2.99. The van der Waals surface area contributed by atoms with Gasteiger partial charge >= 0.3 is 6.18 Å². The van der Waals surface area contributed by atoms with E-state index in [2.05, 4.69) is 0 Å². The third-order valence-corrected chi connectivity index (χ3v) is 2.61. The van der Waals surface area contributed by atoms with Gasteiger partial charge in [0.1, 0.15) is 0 Å². The standard InChI is InChI=1S/C10H11ClF3NO/c11-9-2-1-7(10(12,13)14)3-8(9)6(4-15)5-16/h1-3,6,16H,4-5,15H2. The van der Waals surface area contributed by atoms with Crippen molar-refractivity contribution in [3.05, 3.63) is 34.3 Å². The van der Waals surface area contributed by atoms with Crippen LogP contribution in [-0.4, -0.2) is 18.3 Å². The van der Waals surface area contributed by atoms with E-state index in [-0.39, 0.29) is 23.7 Å². The van der Waals surface area contributed by atoms with Gasteiger partial charge in [0.05, 0.1) is 12.2 Å². The molecule has 1 rings (SSSR count). The lowest BCUT2D eigenvalue weighted by Gasteiger charge is -2.16. The molecule has 16 heavy (non-hydrogen) atoms. The number of aliphatic hydroxyl groups excluding tert-OH is 1. The maximum atomic E-state index is 12.4. The van der Waals surface area contributed by atoms with Gasteiger partial charge in [-0.2, -0.15) is 13.2 Å². The SMILES string of the molecule is NCC(CO)c1cc(C(F)(F)F)ccc1Cl. The Morgan fingerprint density at radius 1 is 1.38 bits per heavy atom. The fourth-order valence-electron chi connectivity index (χ4n) is 1.33. The summed E-state index contributed by atoms with van der Waals surface area (Å²) in [7, 11) is 0. The average Bonchev–Trinajstić information content (AvgIpc) is 2.20. The van der Waals surface area contributed by atoms with E-state index in [1.54, 1.807) is 0 Å². The third kappa shape index (κ3) is 2.87. The first kappa shape index (κ1) is 13.3. The molecule has 1 atom stereocenters. The number of hydrogen-bond donors (Lipinski definition) is 2. The van der Waals surface area contributed by atoms with Gasteiger partial charge in [0.25, 0.3) is 0 Å². The molecule has 0 aromatic heterocycles. The van der Waals surface area contributed by atoms with Gasteiger partial charge in [-0.25, -0.2) is 0 Å². The van der Waals surface area contributed by atoms with Gasteiger partial charge in [-0.15, -0.1) is 0 Å². The minimum atomic E-state index is -4.42. The van der Waals surface area contributed by atoms with E-state index >= 15 is 0 Å². The van der Waals surface area contributed by atoms with E-state index < -0.39 is 17.7 Å². The van der Waals surface area contributed by atoms with Crippen molar-refractivity contribution in [2.24, 2.45) is 5.73 Å². The highest BCUT2D eigenvalue weighted by Crippen LogP contribution is 2.33. The van der Waals surface area contributed by atoms with Crippen molar-refractivity contribution >= 4 is 11.6 Å². The summed E-state index contributed by atoms with van der Waals surface area (Å²) in [6.07, 6.45) is -4.42. The Balaban J connectivity index is 3.18. The van der Waals surface area contributed by atoms with E-state index in [9.17, 15) is 13.2 Å². The normalized spacial score (nSPS) is 13.9. The van der Waals surface area contributed by atoms with Crippen LogP contribution in [0.2, 0.25) is 5.02 Å². The summed E-state index contributed by atoms with van der Waals surface area (Å²) < 4.78 is 37.3. The number of rotatable bonds is 3. The van der Waals surface area contributed by atoms with E-state index in [4.69, 9.17) is 22.4 Å². The average molecular weight is 254 g/mol. The Labute approximate surface area is 95.8 Å². The van der Waals surface area contributed by atoms with Crippen molar-refractivity contribution in [1.29, 1.82) is 0 Å². The summed E-state index contributed by atoms with van der Waals surface area (Å²) >= 11 is 5.76. The zero-order valence-corrected chi connectivity index (χ0v) is 9.02. The second-order valence-electron chi connectivity index (χ2n) is 3.35. The van der Waals surface area contributed by atoms with Gasteiger partial charge in [0.15, 0.2) is 0 Å². The molecule has 0 fully saturated rings. The predicted octanol–water partition coefficient (Wildman–Crippen LogP) is 2.39. The van der Waals surface area contributed by atoms with E-state index in [0.717, 1.165) is 18.2 Å². The lowest BCUT2D eigenvalue weighted by atomic mass is 9.98. The monoisotopic (exact) mass is 253 g/mol. The smallest absolute Gasteiger partial charge is 0.396 e. The largest absolute Gasteiger partial charge is 0.416 e. The number of nitrogens with two attached hydrogens (primary N) is 1. The quantitative estimate of drug-likeness (QED) is 0.869. The lowest BCUT2D eigenvalue weighted by Crippen LogP contribution is -2.17. The van der Waals surface area contributed by atoms with Crippen LogP contribution in [0.1, 0.15) is 17.0 Å². The molecule has 0 saturated carbocycles. The molecule has 0 radical (unpaired) electrons. The molecule has 1 aromatic rings. The molecule has 0 saturated heterocycles. The van der Waals surface area contributed by atoms with Gasteiger partial charge in [0.2, 0.25) is 0 Å². The summed E-state index contributed by atoms with van der Waals surface area (Å²) in [6.45, 7) is -0.297. The molecule has 3 N–H and O–H groups in total. The van der Waals surface area contributed by atoms with Crippen LogP contribution >= 0.6 is 11.6 Å². The van der Waals surface area contributed by atoms with Gasteiger partial charge in [-0.3, -0.25) is 0 Å². The highest BCUT2D eigenvalue weighted by Gasteiger charge is 2.31. The molecular formula is C10H11ClF3NO. The highest BCUT2D eigenvalue weighted by molar-refractivity contribution is 6.31. The van der Waals surface area contributed by atoms with Gasteiger partial charge in [-0.05, 0) is 23.8 Å². The molecule has 2 nitrogen and oxygen atoms in total. The van der Waals surface area contributed by atoms with Crippen LogP contribution in [-0.2, 0) is 6.18 Å². The van der Waals surface area contributed by atoms with Crippen LogP contribution in [0.15, 0.2) is 18.2 Å². The Hall–Kier alpha value is -0.780. The highest BCUT2D eigenvalue weighted by atomic mass is 35.5. The summed E-state index contributed by atoms with van der Waals surface area (Å²) in [4.78, 5) is 0. The Bertz CT molecular complexity index is 364. The Morgan fingerprint density at radius 2 is 2.00 bits per heavy atom. The fourth-order valence-corrected chi connectivity index (χ4v) is 1.60. The molecule has 0 amide bonds. The Morgan fingerprint density at radius 3 is 2.44 bits per heavy atom. The lowest BCUT2D eigenvalue weighted by molar-refractivity contribution is -0.137. The molecule has 0 aliphatic rings. The van der Waals surface area contributed by atoms with Crippen LogP contribution in [0.25, 0.3) is 0 Å².